The molecule has 2 N–H and O–H groups in total. The van der Waals surface area contributed by atoms with Crippen LogP contribution in [0.1, 0.15) is 17.2 Å². The molecule has 0 radical (unpaired) electrons. The van der Waals surface area contributed by atoms with E-state index in [1.165, 1.54) is 6.07 Å². The third kappa shape index (κ3) is 3.09. The molecule has 1 atom stereocenters. The molecule has 106 valence electrons. The predicted octanol–water partition coefficient (Wildman–Crippen LogP) is 3.77. The molecule has 0 fully saturated rings. The Morgan fingerprint density at radius 3 is 2.57 bits per heavy atom. The van der Waals surface area contributed by atoms with Crippen LogP contribution in [0.3, 0.4) is 0 Å². The molecule has 3 rings (SSSR count). The van der Waals surface area contributed by atoms with Crippen molar-refractivity contribution in [1.29, 1.82) is 0 Å². The smallest absolute Gasteiger partial charge is 0.137 e. The van der Waals surface area contributed by atoms with Gasteiger partial charge in [-0.25, -0.2) is 4.39 Å². The van der Waals surface area contributed by atoms with Gasteiger partial charge in [-0.1, -0.05) is 12.1 Å². The van der Waals surface area contributed by atoms with Gasteiger partial charge in [0.15, 0.2) is 0 Å². The summed E-state index contributed by atoms with van der Waals surface area (Å²) in [6.45, 7) is 0. The number of aromatic nitrogens is 2. The molecule has 1 unspecified atom stereocenters. The van der Waals surface area contributed by atoms with Gasteiger partial charge >= 0.3 is 0 Å². The maximum Gasteiger partial charge on any atom is 0.137 e. The summed E-state index contributed by atoms with van der Waals surface area (Å²) in [5, 5.41) is 0. The van der Waals surface area contributed by atoms with Crippen LogP contribution >= 0.6 is 15.9 Å². The van der Waals surface area contributed by atoms with E-state index in [-0.39, 0.29) is 11.9 Å². The van der Waals surface area contributed by atoms with Crippen LogP contribution in [0, 0.1) is 5.82 Å². The van der Waals surface area contributed by atoms with Gasteiger partial charge in [-0.15, -0.1) is 0 Å². The molecule has 5 heteroatoms. The second-order valence-electron chi connectivity index (χ2n) is 4.86. The molecule has 0 aliphatic carbocycles. The van der Waals surface area contributed by atoms with Crippen molar-refractivity contribution < 1.29 is 4.39 Å². The molecule has 0 aliphatic rings. The van der Waals surface area contributed by atoms with E-state index >= 15 is 0 Å². The summed E-state index contributed by atoms with van der Waals surface area (Å²) in [6.07, 6.45) is 3.96. The molecule has 2 aromatic carbocycles. The Balaban J connectivity index is 1.85. The summed E-state index contributed by atoms with van der Waals surface area (Å²) >= 11 is 3.19. The standard InChI is InChI=1S/C16H13BrFN3/c17-12-7-10(1-3-13(12)18)8-14(19)11-2-4-15-16(9-11)21-6-5-20-15/h1-7,9,14H,8,19H2. The summed E-state index contributed by atoms with van der Waals surface area (Å²) in [5.74, 6) is -0.270. The molecule has 0 bridgehead atoms. The molecule has 0 saturated carbocycles. The van der Waals surface area contributed by atoms with Crippen molar-refractivity contribution in [2.75, 3.05) is 0 Å². The number of rotatable bonds is 3. The van der Waals surface area contributed by atoms with Gasteiger partial charge in [0.05, 0.1) is 15.5 Å². The van der Waals surface area contributed by atoms with Crippen molar-refractivity contribution in [2.24, 2.45) is 5.73 Å². The van der Waals surface area contributed by atoms with E-state index in [9.17, 15) is 4.39 Å². The van der Waals surface area contributed by atoms with Crippen LogP contribution in [0.25, 0.3) is 11.0 Å². The SMILES string of the molecule is NC(Cc1ccc(F)c(Br)c1)c1ccc2nccnc2c1. The second-order valence-corrected chi connectivity index (χ2v) is 5.72. The quantitative estimate of drug-likeness (QED) is 0.785. The molecule has 1 heterocycles. The predicted molar refractivity (Wildman–Crippen MR) is 84.3 cm³/mol. The average molecular weight is 346 g/mol. The van der Waals surface area contributed by atoms with Crippen LogP contribution in [0.5, 0.6) is 0 Å². The third-order valence-electron chi connectivity index (χ3n) is 3.36. The number of fused-ring (bicyclic) bond motifs is 1. The lowest BCUT2D eigenvalue weighted by molar-refractivity contribution is 0.618. The Labute approximate surface area is 130 Å². The lowest BCUT2D eigenvalue weighted by Gasteiger charge is -2.13. The monoisotopic (exact) mass is 345 g/mol. The maximum atomic E-state index is 13.2. The number of nitrogens with two attached hydrogens (primary N) is 1. The highest BCUT2D eigenvalue weighted by molar-refractivity contribution is 9.10. The van der Waals surface area contributed by atoms with E-state index < -0.39 is 0 Å². The van der Waals surface area contributed by atoms with Crippen molar-refractivity contribution in [1.82, 2.24) is 9.97 Å². The highest BCUT2D eigenvalue weighted by atomic mass is 79.9. The summed E-state index contributed by atoms with van der Waals surface area (Å²) in [4.78, 5) is 8.52. The fraction of sp³-hybridized carbons (Fsp3) is 0.125. The van der Waals surface area contributed by atoms with Gasteiger partial charge in [-0.05, 0) is 57.7 Å². The molecule has 0 aliphatic heterocycles. The zero-order valence-electron chi connectivity index (χ0n) is 11.1. The highest BCUT2D eigenvalue weighted by Crippen LogP contribution is 2.22. The van der Waals surface area contributed by atoms with E-state index in [0.717, 1.165) is 22.2 Å². The van der Waals surface area contributed by atoms with Crippen molar-refractivity contribution in [2.45, 2.75) is 12.5 Å². The summed E-state index contributed by atoms with van der Waals surface area (Å²) in [7, 11) is 0. The molecule has 3 nitrogen and oxygen atoms in total. The van der Waals surface area contributed by atoms with Crippen LogP contribution in [0.4, 0.5) is 4.39 Å². The van der Waals surface area contributed by atoms with Crippen LogP contribution in [0.15, 0.2) is 53.3 Å². The minimum atomic E-state index is -0.270. The Hall–Kier alpha value is -1.85. The number of halogens is 2. The van der Waals surface area contributed by atoms with E-state index in [4.69, 9.17) is 5.73 Å². The van der Waals surface area contributed by atoms with Crippen LogP contribution in [0.2, 0.25) is 0 Å². The van der Waals surface area contributed by atoms with Crippen molar-refractivity contribution in [3.63, 3.8) is 0 Å². The average Bonchev–Trinajstić information content (AvgIpc) is 2.50. The minimum Gasteiger partial charge on any atom is -0.324 e. The van der Waals surface area contributed by atoms with Crippen LogP contribution in [-0.4, -0.2) is 9.97 Å². The van der Waals surface area contributed by atoms with Gasteiger partial charge in [-0.3, -0.25) is 9.97 Å². The molecule has 21 heavy (non-hydrogen) atoms. The molecule has 0 amide bonds. The van der Waals surface area contributed by atoms with Crippen molar-refractivity contribution in [3.05, 3.63) is 70.2 Å². The maximum absolute atomic E-state index is 13.2. The van der Waals surface area contributed by atoms with E-state index in [0.29, 0.717) is 10.9 Å². The van der Waals surface area contributed by atoms with E-state index in [1.54, 1.807) is 24.5 Å². The molecule has 3 aromatic rings. The van der Waals surface area contributed by atoms with Gasteiger partial charge in [0.25, 0.3) is 0 Å². The Bertz CT molecular complexity index is 791. The van der Waals surface area contributed by atoms with Gasteiger partial charge in [0.2, 0.25) is 0 Å². The van der Waals surface area contributed by atoms with Gasteiger partial charge in [-0.2, -0.15) is 0 Å². The first kappa shape index (κ1) is 14.1. The topological polar surface area (TPSA) is 51.8 Å². The third-order valence-corrected chi connectivity index (χ3v) is 3.97. The van der Waals surface area contributed by atoms with Crippen LogP contribution in [-0.2, 0) is 6.42 Å². The Morgan fingerprint density at radius 2 is 1.81 bits per heavy atom. The second kappa shape index (κ2) is 5.87. The Kier molecular flexibility index (Phi) is 3.94. The van der Waals surface area contributed by atoms with Gasteiger partial charge < -0.3 is 5.73 Å². The van der Waals surface area contributed by atoms with Crippen molar-refractivity contribution >= 4 is 27.0 Å². The lowest BCUT2D eigenvalue weighted by atomic mass is 9.99. The largest absolute Gasteiger partial charge is 0.324 e. The lowest BCUT2D eigenvalue weighted by Crippen LogP contribution is -2.13. The van der Waals surface area contributed by atoms with Gasteiger partial charge in [0.1, 0.15) is 5.82 Å². The zero-order valence-corrected chi connectivity index (χ0v) is 12.7. The number of hydrogen-bond acceptors (Lipinski definition) is 3. The number of hydrogen-bond donors (Lipinski definition) is 1. The first-order chi connectivity index (χ1) is 10.1. The first-order valence-electron chi connectivity index (χ1n) is 6.53. The summed E-state index contributed by atoms with van der Waals surface area (Å²) in [5.41, 5.74) is 9.89. The van der Waals surface area contributed by atoms with Crippen molar-refractivity contribution in [3.8, 4) is 0 Å². The fourth-order valence-corrected chi connectivity index (χ4v) is 2.68. The zero-order chi connectivity index (χ0) is 14.8. The summed E-state index contributed by atoms with van der Waals surface area (Å²) in [6, 6.07) is 10.6. The molecule has 0 spiro atoms. The molecule has 0 saturated heterocycles. The Morgan fingerprint density at radius 1 is 1.05 bits per heavy atom. The fourth-order valence-electron chi connectivity index (χ4n) is 2.25. The first-order valence-corrected chi connectivity index (χ1v) is 7.33. The van der Waals surface area contributed by atoms with E-state index in [2.05, 4.69) is 25.9 Å². The summed E-state index contributed by atoms with van der Waals surface area (Å²) < 4.78 is 13.7. The molecule has 1 aromatic heterocycles. The molecular formula is C16H13BrFN3. The minimum absolute atomic E-state index is 0.172. The molecular weight excluding hydrogens is 333 g/mol. The highest BCUT2D eigenvalue weighted by Gasteiger charge is 2.10. The number of nitrogens with zero attached hydrogens (tertiary/aromatic N) is 2. The normalized spacial score (nSPS) is 12.5. The van der Waals surface area contributed by atoms with E-state index in [1.807, 2.05) is 18.2 Å². The number of benzene rings is 2. The van der Waals surface area contributed by atoms with Gasteiger partial charge in [0, 0.05) is 18.4 Å². The van der Waals surface area contributed by atoms with Crippen LogP contribution < -0.4 is 5.73 Å².